The lowest BCUT2D eigenvalue weighted by molar-refractivity contribution is 0.346. The minimum absolute atomic E-state index is 0.236. The molecule has 0 amide bonds. The monoisotopic (exact) mass is 448 g/mol. The number of piperidine rings is 1. The number of guanidine groups is 1. The standard InChI is InChI=1S/C22H32N4O2S2/c1-17(14-20-11-10-18(2)29-20)25-22(23-3)24-16-19-8-7-9-21(15-19)30(27,28)26-12-5-4-6-13-26/h7-11,15,17H,4-6,12-14,16H2,1-3H3,(H2,23,24,25). The van der Waals surface area contributed by atoms with E-state index >= 15 is 0 Å². The zero-order chi connectivity index (χ0) is 21.6. The molecule has 8 heteroatoms. The normalized spacial score (nSPS) is 17.0. The van der Waals surface area contributed by atoms with Gasteiger partial charge < -0.3 is 10.6 Å². The summed E-state index contributed by atoms with van der Waals surface area (Å²) in [6.07, 6.45) is 3.91. The molecule has 0 bridgehead atoms. The molecular formula is C22H32N4O2S2. The Morgan fingerprint density at radius 1 is 1.20 bits per heavy atom. The van der Waals surface area contributed by atoms with Crippen molar-refractivity contribution in [2.24, 2.45) is 4.99 Å². The molecule has 2 N–H and O–H groups in total. The average molecular weight is 449 g/mol. The van der Waals surface area contributed by atoms with E-state index in [1.54, 1.807) is 23.5 Å². The lowest BCUT2D eigenvalue weighted by Crippen LogP contribution is -2.42. The van der Waals surface area contributed by atoms with E-state index < -0.39 is 10.0 Å². The summed E-state index contributed by atoms with van der Waals surface area (Å²) in [4.78, 5) is 7.34. The number of aliphatic imine (C=N–C) groups is 1. The fraction of sp³-hybridized carbons (Fsp3) is 0.500. The summed E-state index contributed by atoms with van der Waals surface area (Å²) < 4.78 is 27.5. The Balaban J connectivity index is 1.58. The van der Waals surface area contributed by atoms with Gasteiger partial charge in [0.25, 0.3) is 0 Å². The molecule has 1 aromatic heterocycles. The van der Waals surface area contributed by atoms with Crippen LogP contribution in [0.15, 0.2) is 46.3 Å². The third-order valence-electron chi connectivity index (χ3n) is 5.22. The molecule has 1 atom stereocenters. The van der Waals surface area contributed by atoms with Crippen molar-refractivity contribution in [1.82, 2.24) is 14.9 Å². The van der Waals surface area contributed by atoms with E-state index in [1.165, 1.54) is 9.75 Å². The van der Waals surface area contributed by atoms with Gasteiger partial charge in [-0.25, -0.2) is 8.42 Å². The second kappa shape index (κ2) is 10.4. The molecule has 164 valence electrons. The number of sulfonamides is 1. The minimum atomic E-state index is -3.42. The second-order valence-corrected chi connectivity index (χ2v) is 11.1. The van der Waals surface area contributed by atoms with Crippen LogP contribution in [0.4, 0.5) is 0 Å². The van der Waals surface area contributed by atoms with E-state index in [1.807, 2.05) is 23.5 Å². The highest BCUT2D eigenvalue weighted by Gasteiger charge is 2.25. The van der Waals surface area contributed by atoms with Gasteiger partial charge in [0, 0.05) is 48.9 Å². The Morgan fingerprint density at radius 2 is 1.97 bits per heavy atom. The molecular weight excluding hydrogens is 416 g/mol. The van der Waals surface area contributed by atoms with Gasteiger partial charge in [-0.3, -0.25) is 4.99 Å². The highest BCUT2D eigenvalue weighted by atomic mass is 32.2. The number of nitrogens with zero attached hydrogens (tertiary/aromatic N) is 2. The Hall–Kier alpha value is -1.90. The molecule has 3 rings (SSSR count). The van der Waals surface area contributed by atoms with Gasteiger partial charge in [0.1, 0.15) is 0 Å². The molecule has 2 heterocycles. The van der Waals surface area contributed by atoms with Crippen LogP contribution in [0, 0.1) is 6.92 Å². The van der Waals surface area contributed by atoms with Crippen LogP contribution in [0.1, 0.15) is 41.5 Å². The van der Waals surface area contributed by atoms with Crippen LogP contribution in [0.25, 0.3) is 0 Å². The molecule has 1 aromatic carbocycles. The van der Waals surface area contributed by atoms with Crippen molar-refractivity contribution in [3.05, 3.63) is 51.7 Å². The molecule has 1 fully saturated rings. The molecule has 0 spiro atoms. The Kier molecular flexibility index (Phi) is 7.91. The van der Waals surface area contributed by atoms with Gasteiger partial charge in [0.2, 0.25) is 10.0 Å². The second-order valence-electron chi connectivity index (χ2n) is 7.80. The molecule has 1 unspecified atom stereocenters. The smallest absolute Gasteiger partial charge is 0.243 e. The van der Waals surface area contributed by atoms with Gasteiger partial charge >= 0.3 is 0 Å². The van der Waals surface area contributed by atoms with Crippen LogP contribution < -0.4 is 10.6 Å². The first kappa shape index (κ1) is 22.8. The highest BCUT2D eigenvalue weighted by Crippen LogP contribution is 2.21. The highest BCUT2D eigenvalue weighted by molar-refractivity contribution is 7.89. The van der Waals surface area contributed by atoms with E-state index in [-0.39, 0.29) is 6.04 Å². The molecule has 30 heavy (non-hydrogen) atoms. The average Bonchev–Trinajstić information content (AvgIpc) is 3.16. The number of hydrogen-bond acceptors (Lipinski definition) is 4. The Morgan fingerprint density at radius 3 is 2.63 bits per heavy atom. The SMILES string of the molecule is CN=C(NCc1cccc(S(=O)(=O)N2CCCCC2)c1)NC(C)Cc1ccc(C)s1. The maximum atomic E-state index is 12.9. The first-order valence-corrected chi connectivity index (χ1v) is 12.8. The van der Waals surface area contributed by atoms with Crippen molar-refractivity contribution < 1.29 is 8.42 Å². The molecule has 2 aromatic rings. The number of thiophene rings is 1. The minimum Gasteiger partial charge on any atom is -0.354 e. The topological polar surface area (TPSA) is 73.8 Å². The van der Waals surface area contributed by atoms with Crippen molar-refractivity contribution >= 4 is 27.3 Å². The first-order valence-electron chi connectivity index (χ1n) is 10.5. The largest absolute Gasteiger partial charge is 0.354 e. The number of aryl methyl sites for hydroxylation is 1. The molecule has 0 aliphatic carbocycles. The third-order valence-corrected chi connectivity index (χ3v) is 8.14. The maximum absolute atomic E-state index is 12.9. The van der Waals surface area contributed by atoms with Crippen LogP contribution >= 0.6 is 11.3 Å². The molecule has 0 radical (unpaired) electrons. The van der Waals surface area contributed by atoms with Crippen LogP contribution in [-0.2, 0) is 23.0 Å². The van der Waals surface area contributed by atoms with E-state index in [0.29, 0.717) is 30.5 Å². The lowest BCUT2D eigenvalue weighted by atomic mass is 10.2. The van der Waals surface area contributed by atoms with Gasteiger partial charge in [-0.05, 0) is 56.5 Å². The van der Waals surface area contributed by atoms with Crippen molar-refractivity contribution in [2.75, 3.05) is 20.1 Å². The number of benzene rings is 1. The third kappa shape index (κ3) is 6.06. The summed E-state index contributed by atoms with van der Waals surface area (Å²) in [7, 11) is -1.67. The van der Waals surface area contributed by atoms with Gasteiger partial charge in [-0.15, -0.1) is 11.3 Å². The van der Waals surface area contributed by atoms with Crippen LogP contribution in [0.3, 0.4) is 0 Å². The predicted octanol–water partition coefficient (Wildman–Crippen LogP) is 3.53. The maximum Gasteiger partial charge on any atom is 0.243 e. The molecule has 1 aliphatic rings. The summed E-state index contributed by atoms with van der Waals surface area (Å²) in [5.74, 6) is 0.708. The fourth-order valence-corrected chi connectivity index (χ4v) is 6.24. The van der Waals surface area contributed by atoms with E-state index in [0.717, 1.165) is 31.2 Å². The van der Waals surface area contributed by atoms with Crippen LogP contribution in [0.2, 0.25) is 0 Å². The number of hydrogen-bond donors (Lipinski definition) is 2. The Labute approximate surface area is 184 Å². The van der Waals surface area contributed by atoms with Gasteiger partial charge in [-0.2, -0.15) is 4.31 Å². The predicted molar refractivity (Wildman–Crippen MR) is 125 cm³/mol. The van der Waals surface area contributed by atoms with Crippen molar-refractivity contribution in [3.8, 4) is 0 Å². The van der Waals surface area contributed by atoms with Crippen molar-refractivity contribution in [1.29, 1.82) is 0 Å². The fourth-order valence-electron chi connectivity index (χ4n) is 3.63. The van der Waals surface area contributed by atoms with Crippen LogP contribution in [0.5, 0.6) is 0 Å². The zero-order valence-corrected chi connectivity index (χ0v) is 19.7. The number of rotatable bonds is 7. The van der Waals surface area contributed by atoms with Gasteiger partial charge in [0.15, 0.2) is 5.96 Å². The quantitative estimate of drug-likeness (QED) is 0.502. The summed E-state index contributed by atoms with van der Waals surface area (Å²) >= 11 is 1.82. The first-order chi connectivity index (χ1) is 14.4. The summed E-state index contributed by atoms with van der Waals surface area (Å²) in [5.41, 5.74) is 0.914. The number of nitrogens with one attached hydrogen (secondary N) is 2. The van der Waals surface area contributed by atoms with E-state index in [9.17, 15) is 8.42 Å². The Bertz CT molecular complexity index is 963. The van der Waals surface area contributed by atoms with E-state index in [2.05, 4.69) is 41.6 Å². The molecule has 1 saturated heterocycles. The molecule has 0 saturated carbocycles. The van der Waals surface area contributed by atoms with Crippen LogP contribution in [-0.4, -0.2) is 44.9 Å². The summed E-state index contributed by atoms with van der Waals surface area (Å²) in [6, 6.07) is 11.8. The van der Waals surface area contributed by atoms with Gasteiger partial charge in [-0.1, -0.05) is 18.6 Å². The van der Waals surface area contributed by atoms with Crippen molar-refractivity contribution in [2.45, 2.75) is 57.0 Å². The van der Waals surface area contributed by atoms with E-state index in [4.69, 9.17) is 0 Å². The summed E-state index contributed by atoms with van der Waals surface area (Å²) in [5, 5.41) is 6.71. The van der Waals surface area contributed by atoms with Crippen molar-refractivity contribution in [3.63, 3.8) is 0 Å². The summed E-state index contributed by atoms with van der Waals surface area (Å²) in [6.45, 7) is 5.99. The van der Waals surface area contributed by atoms with Gasteiger partial charge in [0.05, 0.1) is 4.90 Å². The lowest BCUT2D eigenvalue weighted by Gasteiger charge is -2.26. The zero-order valence-electron chi connectivity index (χ0n) is 18.0. The molecule has 1 aliphatic heterocycles. The molecule has 6 nitrogen and oxygen atoms in total.